The lowest BCUT2D eigenvalue weighted by Crippen LogP contribution is -2.33. The number of hydrogen-bond donors (Lipinski definition) is 0. The van der Waals surface area contributed by atoms with Crippen molar-refractivity contribution in [2.75, 3.05) is 0 Å². The highest BCUT2D eigenvalue weighted by Crippen LogP contribution is 2.12. The van der Waals surface area contributed by atoms with E-state index in [0.717, 1.165) is 4.57 Å². The average Bonchev–Trinajstić information content (AvgIpc) is 2.52. The van der Waals surface area contributed by atoms with E-state index in [9.17, 15) is 19.7 Å². The molecule has 2 heterocycles. The van der Waals surface area contributed by atoms with E-state index in [1.165, 1.54) is 36.5 Å². The molecule has 0 N–H and O–H groups in total. The monoisotopic (exact) mass is 299 g/mol. The molecule has 0 saturated heterocycles. The van der Waals surface area contributed by atoms with E-state index in [1.54, 1.807) is 6.07 Å². The predicted octanol–water partition coefficient (Wildman–Crippen LogP) is 1.31. The molecule has 0 aliphatic rings. The summed E-state index contributed by atoms with van der Waals surface area (Å²) in [4.78, 5) is 38.1. The summed E-state index contributed by atoms with van der Waals surface area (Å²) in [5, 5.41) is 10.6. The van der Waals surface area contributed by atoms with Crippen molar-refractivity contribution in [3.8, 4) is 0 Å². The highest BCUT2D eigenvalue weighted by atomic mass is 16.6. The molecule has 8 nitrogen and oxygen atoms in total. The highest BCUT2D eigenvalue weighted by Gasteiger charge is 2.11. The Labute approximate surface area is 122 Å². The summed E-state index contributed by atoms with van der Waals surface area (Å²) in [6.07, 6.45) is 1.43. The summed E-state index contributed by atoms with van der Waals surface area (Å²) in [5.41, 5.74) is 0.116. The van der Waals surface area contributed by atoms with Crippen molar-refractivity contribution in [1.82, 2.24) is 9.55 Å². The topological polar surface area (TPSA) is 108 Å². The van der Waals surface area contributed by atoms with Gasteiger partial charge in [-0.25, -0.2) is 14.3 Å². The predicted molar refractivity (Wildman–Crippen MR) is 76.7 cm³/mol. The first-order chi connectivity index (χ1) is 10.6. The molecule has 0 aliphatic heterocycles. The van der Waals surface area contributed by atoms with Crippen molar-refractivity contribution in [2.45, 2.75) is 6.54 Å². The largest absolute Gasteiger partial charge is 0.422 e. The number of nitro benzene ring substituents is 1. The molecule has 22 heavy (non-hydrogen) atoms. The number of aromatic nitrogens is 2. The van der Waals surface area contributed by atoms with Gasteiger partial charge in [-0.3, -0.25) is 14.9 Å². The van der Waals surface area contributed by atoms with E-state index in [0.29, 0.717) is 5.56 Å². The normalized spacial score (nSPS) is 10.7. The van der Waals surface area contributed by atoms with Crippen molar-refractivity contribution in [1.29, 1.82) is 0 Å². The minimum atomic E-state index is -0.802. The SMILES string of the molecule is O=c1oc2cccnc2c(=O)n1Cc1ccc([N+](=O)[O-])cc1. The highest BCUT2D eigenvalue weighted by molar-refractivity contribution is 5.69. The van der Waals surface area contributed by atoms with Gasteiger partial charge in [0, 0.05) is 18.3 Å². The maximum atomic E-state index is 12.3. The molecule has 0 amide bonds. The molecule has 8 heteroatoms. The van der Waals surface area contributed by atoms with Gasteiger partial charge >= 0.3 is 5.76 Å². The van der Waals surface area contributed by atoms with Crippen LogP contribution in [-0.4, -0.2) is 14.5 Å². The second-order valence-corrected chi connectivity index (χ2v) is 4.53. The van der Waals surface area contributed by atoms with Crippen LogP contribution in [0.2, 0.25) is 0 Å². The number of pyridine rings is 1. The summed E-state index contributed by atoms with van der Waals surface area (Å²) < 4.78 is 5.94. The van der Waals surface area contributed by atoms with E-state index in [2.05, 4.69) is 4.98 Å². The first-order valence-corrected chi connectivity index (χ1v) is 6.28. The molecular formula is C14H9N3O5. The van der Waals surface area contributed by atoms with Crippen LogP contribution in [0.4, 0.5) is 5.69 Å². The quantitative estimate of drug-likeness (QED) is 0.533. The third kappa shape index (κ3) is 2.37. The van der Waals surface area contributed by atoms with Crippen LogP contribution in [0.25, 0.3) is 11.1 Å². The minimum absolute atomic E-state index is 0.0499. The van der Waals surface area contributed by atoms with Crippen LogP contribution < -0.4 is 11.3 Å². The average molecular weight is 299 g/mol. The van der Waals surface area contributed by atoms with Crippen molar-refractivity contribution >= 4 is 16.8 Å². The molecule has 0 unspecified atom stereocenters. The van der Waals surface area contributed by atoms with Crippen LogP contribution in [0.1, 0.15) is 5.56 Å². The molecule has 0 atom stereocenters. The summed E-state index contributed by atoms with van der Waals surface area (Å²) in [5.74, 6) is -0.802. The molecule has 0 aliphatic carbocycles. The Kier molecular flexibility index (Phi) is 3.26. The lowest BCUT2D eigenvalue weighted by molar-refractivity contribution is -0.384. The van der Waals surface area contributed by atoms with Gasteiger partial charge < -0.3 is 4.42 Å². The maximum Gasteiger partial charge on any atom is 0.422 e. The number of non-ortho nitro benzene ring substituents is 1. The standard InChI is InChI=1S/C14H9N3O5/c18-13-12-11(2-1-7-15-12)22-14(19)16(13)8-9-3-5-10(6-4-9)17(20)21/h1-7H,8H2. The third-order valence-electron chi connectivity index (χ3n) is 3.12. The van der Waals surface area contributed by atoms with Gasteiger partial charge in [0.15, 0.2) is 11.1 Å². The van der Waals surface area contributed by atoms with Gasteiger partial charge in [0.05, 0.1) is 11.5 Å². The van der Waals surface area contributed by atoms with E-state index >= 15 is 0 Å². The molecule has 0 bridgehead atoms. The van der Waals surface area contributed by atoms with Gasteiger partial charge in [0.2, 0.25) is 0 Å². The lowest BCUT2D eigenvalue weighted by atomic mass is 10.2. The molecule has 110 valence electrons. The Bertz CT molecular complexity index is 972. The van der Waals surface area contributed by atoms with E-state index in [1.807, 2.05) is 0 Å². The molecule has 0 spiro atoms. The fourth-order valence-electron chi connectivity index (χ4n) is 2.04. The van der Waals surface area contributed by atoms with Crippen LogP contribution in [-0.2, 0) is 6.54 Å². The van der Waals surface area contributed by atoms with E-state index < -0.39 is 16.2 Å². The van der Waals surface area contributed by atoms with Gasteiger partial charge in [-0.05, 0) is 17.7 Å². The number of benzene rings is 1. The second-order valence-electron chi connectivity index (χ2n) is 4.53. The molecule has 2 aromatic heterocycles. The van der Waals surface area contributed by atoms with Gasteiger partial charge in [-0.15, -0.1) is 0 Å². The number of hydrogen-bond acceptors (Lipinski definition) is 6. The van der Waals surface area contributed by atoms with Crippen LogP contribution in [0, 0.1) is 10.1 Å². The Balaban J connectivity index is 2.05. The number of fused-ring (bicyclic) bond motifs is 1. The van der Waals surface area contributed by atoms with Gasteiger partial charge in [0.25, 0.3) is 11.2 Å². The molecular weight excluding hydrogens is 290 g/mol. The number of nitro groups is 1. The fourth-order valence-corrected chi connectivity index (χ4v) is 2.04. The van der Waals surface area contributed by atoms with Crippen LogP contribution >= 0.6 is 0 Å². The zero-order valence-corrected chi connectivity index (χ0v) is 11.1. The van der Waals surface area contributed by atoms with Gasteiger partial charge in [-0.2, -0.15) is 0 Å². The van der Waals surface area contributed by atoms with Crippen LogP contribution in [0.15, 0.2) is 56.6 Å². The second kappa shape index (κ2) is 5.24. The van der Waals surface area contributed by atoms with Crippen molar-refractivity contribution in [2.24, 2.45) is 0 Å². The smallest absolute Gasteiger partial charge is 0.407 e. The Morgan fingerprint density at radius 2 is 1.91 bits per heavy atom. The van der Waals surface area contributed by atoms with Crippen molar-refractivity contribution in [3.63, 3.8) is 0 Å². The first-order valence-electron chi connectivity index (χ1n) is 6.28. The molecule has 3 rings (SSSR count). The summed E-state index contributed by atoms with van der Waals surface area (Å²) in [6, 6.07) is 8.62. The van der Waals surface area contributed by atoms with Crippen LogP contribution in [0.3, 0.4) is 0 Å². The zero-order valence-electron chi connectivity index (χ0n) is 11.1. The summed E-state index contributed by atoms with van der Waals surface area (Å²) in [6.45, 7) is -0.0499. The number of rotatable bonds is 3. The lowest BCUT2D eigenvalue weighted by Gasteiger charge is -2.04. The minimum Gasteiger partial charge on any atom is -0.407 e. The Morgan fingerprint density at radius 1 is 1.18 bits per heavy atom. The fraction of sp³-hybridized carbons (Fsp3) is 0.0714. The molecule has 3 aromatic rings. The zero-order chi connectivity index (χ0) is 15.7. The molecule has 0 fully saturated rings. The van der Waals surface area contributed by atoms with E-state index in [-0.39, 0.29) is 23.3 Å². The Morgan fingerprint density at radius 3 is 2.59 bits per heavy atom. The molecule has 0 radical (unpaired) electrons. The summed E-state index contributed by atoms with van der Waals surface area (Å²) in [7, 11) is 0. The third-order valence-corrected chi connectivity index (χ3v) is 3.12. The van der Waals surface area contributed by atoms with Crippen molar-refractivity contribution < 1.29 is 9.34 Å². The number of nitrogens with zero attached hydrogens (tertiary/aromatic N) is 3. The molecule has 0 saturated carbocycles. The van der Waals surface area contributed by atoms with E-state index in [4.69, 9.17) is 4.42 Å². The van der Waals surface area contributed by atoms with Gasteiger partial charge in [-0.1, -0.05) is 12.1 Å². The van der Waals surface area contributed by atoms with Gasteiger partial charge in [0.1, 0.15) is 0 Å². The van der Waals surface area contributed by atoms with Crippen molar-refractivity contribution in [3.05, 3.63) is 79.2 Å². The maximum absolute atomic E-state index is 12.3. The van der Waals surface area contributed by atoms with Crippen LogP contribution in [0.5, 0.6) is 0 Å². The molecule has 1 aromatic carbocycles. The first kappa shape index (κ1) is 13.7. The summed E-state index contributed by atoms with van der Waals surface area (Å²) >= 11 is 0. The Hall–Kier alpha value is -3.29.